The zero-order valence-electron chi connectivity index (χ0n) is 15.7. The molecule has 0 bridgehead atoms. The first-order valence-electron chi connectivity index (χ1n) is 9.11. The van der Waals surface area contributed by atoms with E-state index in [2.05, 4.69) is 10.6 Å². The molecule has 0 radical (unpaired) electrons. The normalized spacial score (nSPS) is 18.9. The van der Waals surface area contributed by atoms with Crippen LogP contribution in [-0.4, -0.2) is 42.8 Å². The number of ketones is 1. The number of hydrogen-bond donors (Lipinski definition) is 2. The maximum absolute atomic E-state index is 12.8. The topological polar surface area (TPSA) is 102 Å². The van der Waals surface area contributed by atoms with E-state index in [0.717, 1.165) is 5.56 Å². The minimum absolute atomic E-state index is 0.0806. The van der Waals surface area contributed by atoms with Gasteiger partial charge >= 0.3 is 5.97 Å². The van der Waals surface area contributed by atoms with Gasteiger partial charge in [-0.05, 0) is 24.3 Å². The summed E-state index contributed by atoms with van der Waals surface area (Å²) >= 11 is 0. The van der Waals surface area contributed by atoms with Gasteiger partial charge in [0.05, 0.1) is 7.11 Å². The molecule has 7 heteroatoms. The summed E-state index contributed by atoms with van der Waals surface area (Å²) in [5.74, 6) is -1.60. The second-order valence-electron chi connectivity index (χ2n) is 6.85. The number of carbonyl (C=O) groups is 4. The van der Waals surface area contributed by atoms with E-state index < -0.39 is 24.0 Å². The number of hydrogen-bond acceptors (Lipinski definition) is 5. The molecule has 0 heterocycles. The van der Waals surface area contributed by atoms with E-state index in [4.69, 9.17) is 4.74 Å². The summed E-state index contributed by atoms with van der Waals surface area (Å²) < 4.78 is 4.83. The van der Waals surface area contributed by atoms with Crippen LogP contribution in [0, 0.1) is 5.92 Å². The van der Waals surface area contributed by atoms with Gasteiger partial charge in [-0.3, -0.25) is 14.4 Å². The Kier molecular flexibility index (Phi) is 7.52. The van der Waals surface area contributed by atoms with Gasteiger partial charge in [0.1, 0.15) is 17.9 Å². The monoisotopic (exact) mass is 374 g/mol. The number of ether oxygens (including phenoxy) is 1. The van der Waals surface area contributed by atoms with E-state index in [1.807, 2.05) is 30.3 Å². The van der Waals surface area contributed by atoms with Crippen LogP contribution in [-0.2, 0) is 30.3 Å². The fraction of sp³-hybridized carbons (Fsp3) is 0.500. The van der Waals surface area contributed by atoms with E-state index >= 15 is 0 Å². The molecule has 2 rings (SSSR count). The molecule has 0 aromatic heterocycles. The summed E-state index contributed by atoms with van der Waals surface area (Å²) in [7, 11) is 1.25. The first-order chi connectivity index (χ1) is 12.9. The Labute approximate surface area is 158 Å². The van der Waals surface area contributed by atoms with E-state index in [1.54, 1.807) is 0 Å². The van der Waals surface area contributed by atoms with E-state index in [9.17, 15) is 19.2 Å². The zero-order chi connectivity index (χ0) is 19.8. The summed E-state index contributed by atoms with van der Waals surface area (Å²) in [4.78, 5) is 48.4. The van der Waals surface area contributed by atoms with Crippen molar-refractivity contribution in [2.75, 3.05) is 7.11 Å². The molecular weight excluding hydrogens is 348 g/mol. The second-order valence-corrected chi connectivity index (χ2v) is 6.85. The molecule has 0 aliphatic heterocycles. The molecule has 2 N–H and O–H groups in total. The van der Waals surface area contributed by atoms with Crippen molar-refractivity contribution in [1.82, 2.24) is 10.6 Å². The van der Waals surface area contributed by atoms with Gasteiger partial charge in [-0.25, -0.2) is 4.79 Å². The van der Waals surface area contributed by atoms with Gasteiger partial charge < -0.3 is 15.4 Å². The standard InChI is InChI=1S/C20H26N2O5/c1-13(23)21-17(11-14-7-4-3-5-8-14)19(25)22-18(20(26)27-2)15-9-6-10-16(24)12-15/h3-5,7-8,15,17-18H,6,9-12H2,1-2H3,(H,21,23)(H,22,25)/t15-,17+,18+/m0/s1. The Morgan fingerprint density at radius 3 is 2.48 bits per heavy atom. The van der Waals surface area contributed by atoms with Crippen molar-refractivity contribution in [2.45, 2.75) is 51.1 Å². The number of rotatable bonds is 7. The fourth-order valence-corrected chi connectivity index (χ4v) is 3.40. The van der Waals surface area contributed by atoms with Gasteiger partial charge in [0, 0.05) is 26.2 Å². The average molecular weight is 374 g/mol. The molecule has 0 saturated heterocycles. The number of Topliss-reactive ketones (excluding diaryl/α,β-unsaturated/α-hetero) is 1. The molecular formula is C20H26N2O5. The van der Waals surface area contributed by atoms with Crippen molar-refractivity contribution in [3.05, 3.63) is 35.9 Å². The molecule has 146 valence electrons. The fourth-order valence-electron chi connectivity index (χ4n) is 3.40. The lowest BCUT2D eigenvalue weighted by Crippen LogP contribution is -2.55. The molecule has 1 aliphatic carbocycles. The van der Waals surface area contributed by atoms with Crippen LogP contribution in [0.1, 0.15) is 38.2 Å². The van der Waals surface area contributed by atoms with Crippen LogP contribution in [0.4, 0.5) is 0 Å². The van der Waals surface area contributed by atoms with Gasteiger partial charge in [-0.1, -0.05) is 30.3 Å². The first kappa shape index (κ1) is 20.6. The van der Waals surface area contributed by atoms with Gasteiger partial charge in [0.25, 0.3) is 0 Å². The molecule has 1 saturated carbocycles. The molecule has 3 atom stereocenters. The van der Waals surface area contributed by atoms with Crippen molar-refractivity contribution >= 4 is 23.6 Å². The van der Waals surface area contributed by atoms with Crippen LogP contribution >= 0.6 is 0 Å². The minimum Gasteiger partial charge on any atom is -0.467 e. The predicted molar refractivity (Wildman–Crippen MR) is 98.7 cm³/mol. The van der Waals surface area contributed by atoms with Gasteiger partial charge in [-0.2, -0.15) is 0 Å². The van der Waals surface area contributed by atoms with Crippen LogP contribution in [0.3, 0.4) is 0 Å². The largest absolute Gasteiger partial charge is 0.467 e. The highest BCUT2D eigenvalue weighted by Gasteiger charge is 2.35. The number of nitrogens with one attached hydrogen (secondary N) is 2. The predicted octanol–water partition coefficient (Wildman–Crippen LogP) is 1.15. The Bertz CT molecular complexity index is 689. The maximum atomic E-state index is 12.8. The van der Waals surface area contributed by atoms with E-state index in [0.29, 0.717) is 25.7 Å². The minimum atomic E-state index is -0.904. The maximum Gasteiger partial charge on any atom is 0.328 e. The SMILES string of the molecule is COC(=O)[C@H](NC(=O)[C@@H](Cc1ccccc1)NC(C)=O)[C@H]1CCCC(=O)C1. The van der Waals surface area contributed by atoms with Crippen LogP contribution in [0.25, 0.3) is 0 Å². The molecule has 2 amide bonds. The Hall–Kier alpha value is -2.70. The number of methoxy groups -OCH3 is 1. The molecule has 1 fully saturated rings. The summed E-state index contributed by atoms with van der Waals surface area (Å²) in [6.45, 7) is 1.34. The zero-order valence-corrected chi connectivity index (χ0v) is 15.7. The van der Waals surface area contributed by atoms with Crippen molar-refractivity contribution in [1.29, 1.82) is 0 Å². The highest BCUT2D eigenvalue weighted by atomic mass is 16.5. The summed E-state index contributed by atoms with van der Waals surface area (Å²) in [5, 5.41) is 5.34. The third-order valence-electron chi connectivity index (χ3n) is 4.72. The average Bonchev–Trinajstić information content (AvgIpc) is 2.65. The van der Waals surface area contributed by atoms with E-state index in [1.165, 1.54) is 14.0 Å². The Morgan fingerprint density at radius 2 is 1.89 bits per heavy atom. The highest BCUT2D eigenvalue weighted by molar-refractivity contribution is 5.91. The smallest absolute Gasteiger partial charge is 0.328 e. The lowest BCUT2D eigenvalue weighted by Gasteiger charge is -2.29. The van der Waals surface area contributed by atoms with Crippen molar-refractivity contribution in [3.63, 3.8) is 0 Å². The highest BCUT2D eigenvalue weighted by Crippen LogP contribution is 2.25. The number of amides is 2. The summed E-state index contributed by atoms with van der Waals surface area (Å²) in [5.41, 5.74) is 0.883. The van der Waals surface area contributed by atoms with Gasteiger partial charge in [-0.15, -0.1) is 0 Å². The number of carbonyl (C=O) groups excluding carboxylic acids is 4. The van der Waals surface area contributed by atoms with Crippen LogP contribution in [0.2, 0.25) is 0 Å². The van der Waals surface area contributed by atoms with Crippen molar-refractivity contribution in [3.8, 4) is 0 Å². The molecule has 27 heavy (non-hydrogen) atoms. The molecule has 0 spiro atoms. The lowest BCUT2D eigenvalue weighted by atomic mass is 9.83. The lowest BCUT2D eigenvalue weighted by molar-refractivity contribution is -0.147. The van der Waals surface area contributed by atoms with Crippen LogP contribution < -0.4 is 10.6 Å². The van der Waals surface area contributed by atoms with Gasteiger partial charge in [0.2, 0.25) is 11.8 Å². The molecule has 1 aromatic rings. The third kappa shape index (κ3) is 6.20. The number of benzene rings is 1. The van der Waals surface area contributed by atoms with Crippen LogP contribution in [0.15, 0.2) is 30.3 Å². The van der Waals surface area contributed by atoms with Crippen molar-refractivity contribution < 1.29 is 23.9 Å². The summed E-state index contributed by atoms with van der Waals surface area (Å²) in [6.07, 6.45) is 2.38. The molecule has 7 nitrogen and oxygen atoms in total. The molecule has 0 unspecified atom stereocenters. The second kappa shape index (κ2) is 9.85. The Morgan fingerprint density at radius 1 is 1.19 bits per heavy atom. The first-order valence-corrected chi connectivity index (χ1v) is 9.11. The quantitative estimate of drug-likeness (QED) is 0.697. The van der Waals surface area contributed by atoms with E-state index in [-0.39, 0.29) is 24.0 Å². The van der Waals surface area contributed by atoms with Crippen LogP contribution in [0.5, 0.6) is 0 Å². The number of esters is 1. The third-order valence-corrected chi connectivity index (χ3v) is 4.72. The summed E-state index contributed by atoms with van der Waals surface area (Å²) in [6, 6.07) is 7.56. The van der Waals surface area contributed by atoms with Crippen molar-refractivity contribution in [2.24, 2.45) is 5.92 Å². The Balaban J connectivity index is 2.14. The molecule has 1 aliphatic rings. The van der Waals surface area contributed by atoms with Gasteiger partial charge in [0.15, 0.2) is 0 Å². The molecule has 1 aromatic carbocycles.